The third kappa shape index (κ3) is 2.26. The van der Waals surface area contributed by atoms with Gasteiger partial charge in [-0.25, -0.2) is 15.0 Å². The van der Waals surface area contributed by atoms with Crippen LogP contribution in [0.5, 0.6) is 0 Å². The van der Waals surface area contributed by atoms with E-state index in [4.69, 9.17) is 10.5 Å². The minimum Gasteiger partial charge on any atom is -0.394 e. The Bertz CT molecular complexity index is 704. The second-order valence-corrected chi connectivity index (χ2v) is 5.05. The average Bonchev–Trinajstić information content (AvgIpc) is 3.02. The molecular weight excluding hydrogens is 292 g/mol. The fraction of sp³-hybridized carbons (Fsp3) is 0.500. The summed E-state index contributed by atoms with van der Waals surface area (Å²) < 4.78 is 7.18. The van der Waals surface area contributed by atoms with E-state index in [1.54, 1.807) is 4.57 Å². The Morgan fingerprint density at radius 2 is 2.27 bits per heavy atom. The highest BCUT2D eigenvalue weighted by Gasteiger charge is 2.45. The number of fused-ring (bicyclic) bond motifs is 1. The Morgan fingerprint density at radius 3 is 2.95 bits per heavy atom. The van der Waals surface area contributed by atoms with Crippen molar-refractivity contribution in [1.82, 2.24) is 24.8 Å². The van der Waals surface area contributed by atoms with Crippen molar-refractivity contribution in [2.24, 2.45) is 0 Å². The van der Waals surface area contributed by atoms with Crippen molar-refractivity contribution in [3.05, 3.63) is 12.7 Å². The second kappa shape index (κ2) is 5.48. The van der Waals surface area contributed by atoms with Crippen molar-refractivity contribution >= 4 is 22.9 Å². The van der Waals surface area contributed by atoms with Gasteiger partial charge in [0.1, 0.15) is 30.1 Å². The number of nitrogens with two attached hydrogens (primary N) is 1. The van der Waals surface area contributed by atoms with Gasteiger partial charge in [0.2, 0.25) is 5.91 Å². The minimum atomic E-state index is -1.06. The van der Waals surface area contributed by atoms with E-state index >= 15 is 0 Å². The summed E-state index contributed by atoms with van der Waals surface area (Å²) in [5, 5.41) is 22.1. The lowest BCUT2D eigenvalue weighted by Gasteiger charge is -2.22. The molecule has 3 heterocycles. The normalized spacial score (nSPS) is 28.1. The van der Waals surface area contributed by atoms with Gasteiger partial charge in [0.15, 0.2) is 17.7 Å². The molecule has 1 aliphatic rings. The number of aromatic nitrogens is 4. The fourth-order valence-corrected chi connectivity index (χ4v) is 2.58. The van der Waals surface area contributed by atoms with Crippen molar-refractivity contribution in [2.75, 3.05) is 12.3 Å². The molecule has 10 heteroatoms. The van der Waals surface area contributed by atoms with Crippen LogP contribution in [0.4, 0.5) is 5.82 Å². The van der Waals surface area contributed by atoms with Crippen LogP contribution in [0.1, 0.15) is 13.2 Å². The number of carbonyl (C=O) groups excluding carboxylic acids is 1. The summed E-state index contributed by atoms with van der Waals surface area (Å²) in [6, 6.07) is -0.747. The standard InChI is InChI=1S/C12H16N6O4/c1-5(20)17-7-9(21)6(2-19)22-12(7)18-4-16-8-10(13)14-3-15-11(8)18/h3-4,6-7,9,12,19,21H,2H2,1H3,(H,17,20)(H2,13,14,15)/t6-,7-,9-,12-/m1/s1. The smallest absolute Gasteiger partial charge is 0.217 e. The number of ether oxygens (including phenoxy) is 1. The number of rotatable bonds is 3. The molecule has 1 amide bonds. The van der Waals surface area contributed by atoms with Crippen molar-refractivity contribution < 1.29 is 19.7 Å². The van der Waals surface area contributed by atoms with Crippen LogP contribution in [0.15, 0.2) is 12.7 Å². The van der Waals surface area contributed by atoms with Crippen LogP contribution in [0.3, 0.4) is 0 Å². The maximum Gasteiger partial charge on any atom is 0.217 e. The first-order valence-electron chi connectivity index (χ1n) is 6.67. The molecule has 0 aromatic carbocycles. The first-order valence-corrected chi connectivity index (χ1v) is 6.67. The lowest BCUT2D eigenvalue weighted by atomic mass is 10.1. The number of carbonyl (C=O) groups is 1. The summed E-state index contributed by atoms with van der Waals surface area (Å²) >= 11 is 0. The number of imidazole rings is 1. The van der Waals surface area contributed by atoms with Crippen LogP contribution in [-0.2, 0) is 9.53 Å². The molecule has 1 aliphatic heterocycles. The highest BCUT2D eigenvalue weighted by Crippen LogP contribution is 2.31. The van der Waals surface area contributed by atoms with E-state index in [2.05, 4.69) is 20.3 Å². The van der Waals surface area contributed by atoms with E-state index in [1.807, 2.05) is 0 Å². The van der Waals surface area contributed by atoms with Crippen molar-refractivity contribution in [3.8, 4) is 0 Å². The summed E-state index contributed by atoms with van der Waals surface area (Å²) in [6.45, 7) is 0.958. The zero-order chi connectivity index (χ0) is 15.9. The van der Waals surface area contributed by atoms with Gasteiger partial charge in [-0.05, 0) is 0 Å². The summed E-state index contributed by atoms with van der Waals surface area (Å²) in [5.41, 5.74) is 6.55. The largest absolute Gasteiger partial charge is 0.394 e. The zero-order valence-electron chi connectivity index (χ0n) is 11.7. The Hall–Kier alpha value is -2.30. The fourth-order valence-electron chi connectivity index (χ4n) is 2.58. The van der Waals surface area contributed by atoms with Gasteiger partial charge in [-0.3, -0.25) is 9.36 Å². The number of hydrogen-bond donors (Lipinski definition) is 4. The second-order valence-electron chi connectivity index (χ2n) is 5.05. The number of aliphatic hydroxyl groups excluding tert-OH is 2. The first-order chi connectivity index (χ1) is 10.5. The Kier molecular flexibility index (Phi) is 3.64. The molecule has 0 spiro atoms. The molecule has 2 aromatic heterocycles. The number of amides is 1. The summed E-state index contributed by atoms with van der Waals surface area (Å²) in [7, 11) is 0. The molecule has 1 saturated heterocycles. The minimum absolute atomic E-state index is 0.220. The first kappa shape index (κ1) is 14.6. The van der Waals surface area contributed by atoms with E-state index < -0.39 is 24.5 Å². The van der Waals surface area contributed by atoms with Crippen LogP contribution >= 0.6 is 0 Å². The molecule has 2 aromatic rings. The predicted molar refractivity (Wildman–Crippen MR) is 74.3 cm³/mol. The lowest BCUT2D eigenvalue weighted by Crippen LogP contribution is -2.46. The lowest BCUT2D eigenvalue weighted by molar-refractivity contribution is -0.121. The Morgan fingerprint density at radius 1 is 1.50 bits per heavy atom. The molecule has 22 heavy (non-hydrogen) atoms. The number of nitrogen functional groups attached to an aromatic ring is 1. The molecule has 5 N–H and O–H groups in total. The highest BCUT2D eigenvalue weighted by atomic mass is 16.5. The number of nitrogens with zero attached hydrogens (tertiary/aromatic N) is 4. The maximum atomic E-state index is 11.4. The highest BCUT2D eigenvalue weighted by molar-refractivity contribution is 5.81. The number of aliphatic hydroxyl groups is 2. The molecule has 10 nitrogen and oxygen atoms in total. The van der Waals surface area contributed by atoms with Gasteiger partial charge in [0.05, 0.1) is 12.9 Å². The third-order valence-corrected chi connectivity index (χ3v) is 3.58. The number of hydrogen-bond acceptors (Lipinski definition) is 8. The van der Waals surface area contributed by atoms with Crippen molar-refractivity contribution in [1.29, 1.82) is 0 Å². The molecule has 118 valence electrons. The Labute approximate surface area is 124 Å². The van der Waals surface area contributed by atoms with Crippen LogP contribution in [0.2, 0.25) is 0 Å². The third-order valence-electron chi connectivity index (χ3n) is 3.58. The van der Waals surface area contributed by atoms with Crippen LogP contribution in [-0.4, -0.2) is 60.5 Å². The average molecular weight is 308 g/mol. The predicted octanol–water partition coefficient (Wildman–Crippen LogP) is -1.84. The summed E-state index contributed by atoms with van der Waals surface area (Å²) in [5.74, 6) is -0.105. The molecular formula is C12H16N6O4. The van der Waals surface area contributed by atoms with E-state index in [0.29, 0.717) is 11.2 Å². The number of anilines is 1. The van der Waals surface area contributed by atoms with Crippen LogP contribution in [0.25, 0.3) is 11.2 Å². The van der Waals surface area contributed by atoms with Gasteiger partial charge in [0.25, 0.3) is 0 Å². The van der Waals surface area contributed by atoms with Gasteiger partial charge >= 0.3 is 0 Å². The van der Waals surface area contributed by atoms with Gasteiger partial charge in [-0.15, -0.1) is 0 Å². The van der Waals surface area contributed by atoms with Crippen LogP contribution < -0.4 is 11.1 Å². The molecule has 1 fully saturated rings. The van der Waals surface area contributed by atoms with E-state index in [1.165, 1.54) is 19.6 Å². The monoisotopic (exact) mass is 308 g/mol. The van der Waals surface area contributed by atoms with E-state index in [0.717, 1.165) is 0 Å². The number of nitrogens with one attached hydrogen (secondary N) is 1. The molecule has 0 unspecified atom stereocenters. The molecule has 3 rings (SSSR count). The SMILES string of the molecule is CC(=O)N[C@@H]1[C@H](O)[C@@H](CO)O[C@H]1n1cnc2c(N)ncnc21. The summed E-state index contributed by atoms with van der Waals surface area (Å²) in [6.07, 6.45) is 0.0872. The maximum absolute atomic E-state index is 11.4. The topological polar surface area (TPSA) is 148 Å². The quantitative estimate of drug-likeness (QED) is 0.517. The van der Waals surface area contributed by atoms with Gasteiger partial charge in [-0.1, -0.05) is 0 Å². The molecule has 0 radical (unpaired) electrons. The van der Waals surface area contributed by atoms with Gasteiger partial charge in [-0.2, -0.15) is 0 Å². The van der Waals surface area contributed by atoms with Crippen molar-refractivity contribution in [3.63, 3.8) is 0 Å². The van der Waals surface area contributed by atoms with Gasteiger partial charge < -0.3 is 26.0 Å². The van der Waals surface area contributed by atoms with Crippen LogP contribution in [0, 0.1) is 0 Å². The molecule has 0 aliphatic carbocycles. The molecule has 0 saturated carbocycles. The van der Waals surface area contributed by atoms with E-state index in [9.17, 15) is 15.0 Å². The van der Waals surface area contributed by atoms with E-state index in [-0.39, 0.29) is 18.3 Å². The van der Waals surface area contributed by atoms with Gasteiger partial charge in [0, 0.05) is 6.92 Å². The zero-order valence-corrected chi connectivity index (χ0v) is 11.7. The van der Waals surface area contributed by atoms with Crippen molar-refractivity contribution in [2.45, 2.75) is 31.4 Å². The Balaban J connectivity index is 2.03. The molecule has 4 atom stereocenters. The molecule has 0 bridgehead atoms. The summed E-state index contributed by atoms with van der Waals surface area (Å²) in [4.78, 5) is 23.5.